The van der Waals surface area contributed by atoms with Gasteiger partial charge in [-0.1, -0.05) is 31.9 Å². The average Bonchev–Trinajstić information content (AvgIpc) is 2.79. The van der Waals surface area contributed by atoms with Crippen LogP contribution in [-0.4, -0.2) is 25.7 Å². The van der Waals surface area contributed by atoms with E-state index in [9.17, 15) is 9.59 Å². The molecular weight excluding hydrogens is 406 g/mol. The van der Waals surface area contributed by atoms with Crippen LogP contribution in [0.2, 0.25) is 0 Å². The van der Waals surface area contributed by atoms with Crippen LogP contribution in [0, 0.1) is 12.8 Å². The highest BCUT2D eigenvalue weighted by Gasteiger charge is 2.23. The summed E-state index contributed by atoms with van der Waals surface area (Å²) in [4.78, 5) is 25.5. The standard InChI is InChI=1S/C26H29NO5/c1-16-6-4-5-7-22(16)27-24(28)15-31-20-12-13-21-23(14-20)32-17(2)25(26(21)29)18-8-10-19(30-3)11-9-18/h8-14,16,22H,4-7,15H2,1-3H3,(H,27,28)/t16-,22-/m1/s1. The maximum atomic E-state index is 13.1. The molecule has 32 heavy (non-hydrogen) atoms. The number of ether oxygens (including phenoxy) is 2. The molecule has 1 amide bonds. The fourth-order valence-electron chi connectivity index (χ4n) is 4.40. The van der Waals surface area contributed by atoms with Gasteiger partial charge in [-0.05, 0) is 55.5 Å². The molecule has 1 fully saturated rings. The van der Waals surface area contributed by atoms with Crippen molar-refractivity contribution in [2.75, 3.05) is 13.7 Å². The second kappa shape index (κ2) is 9.47. The van der Waals surface area contributed by atoms with E-state index in [1.807, 2.05) is 24.3 Å². The molecule has 0 bridgehead atoms. The van der Waals surface area contributed by atoms with Crippen molar-refractivity contribution in [2.24, 2.45) is 5.92 Å². The molecule has 1 aliphatic rings. The third-order valence-corrected chi connectivity index (χ3v) is 6.25. The first-order chi connectivity index (χ1) is 15.5. The highest BCUT2D eigenvalue weighted by atomic mass is 16.5. The number of amides is 1. The van der Waals surface area contributed by atoms with Gasteiger partial charge >= 0.3 is 0 Å². The topological polar surface area (TPSA) is 77.8 Å². The summed E-state index contributed by atoms with van der Waals surface area (Å²) in [5.74, 6) is 2.10. The highest BCUT2D eigenvalue weighted by molar-refractivity contribution is 5.84. The minimum absolute atomic E-state index is 0.0676. The molecule has 1 heterocycles. The molecule has 1 saturated carbocycles. The number of fused-ring (bicyclic) bond motifs is 1. The van der Waals surface area contributed by atoms with Gasteiger partial charge in [0.05, 0.1) is 18.1 Å². The van der Waals surface area contributed by atoms with Crippen molar-refractivity contribution in [3.05, 3.63) is 58.4 Å². The molecule has 3 aromatic rings. The second-order valence-corrected chi connectivity index (χ2v) is 8.47. The van der Waals surface area contributed by atoms with Crippen molar-refractivity contribution in [3.8, 4) is 22.6 Å². The van der Waals surface area contributed by atoms with E-state index in [0.717, 1.165) is 30.6 Å². The minimum Gasteiger partial charge on any atom is -0.497 e. The van der Waals surface area contributed by atoms with Crippen molar-refractivity contribution in [2.45, 2.75) is 45.6 Å². The lowest BCUT2D eigenvalue weighted by Crippen LogP contribution is -2.43. The molecule has 6 heteroatoms. The number of hydrogen-bond acceptors (Lipinski definition) is 5. The van der Waals surface area contributed by atoms with E-state index in [1.165, 1.54) is 6.42 Å². The summed E-state index contributed by atoms with van der Waals surface area (Å²) in [5, 5.41) is 3.55. The third-order valence-electron chi connectivity index (χ3n) is 6.25. The lowest BCUT2D eigenvalue weighted by atomic mass is 9.86. The first-order valence-electron chi connectivity index (χ1n) is 11.1. The minimum atomic E-state index is -0.128. The summed E-state index contributed by atoms with van der Waals surface area (Å²) in [5.41, 5.74) is 1.62. The zero-order valence-electron chi connectivity index (χ0n) is 18.8. The van der Waals surface area contributed by atoms with E-state index in [2.05, 4.69) is 12.2 Å². The van der Waals surface area contributed by atoms with E-state index in [4.69, 9.17) is 13.9 Å². The van der Waals surface area contributed by atoms with Gasteiger partial charge in [-0.15, -0.1) is 0 Å². The van der Waals surface area contributed by atoms with E-state index in [0.29, 0.717) is 34.0 Å². The Hall–Kier alpha value is -3.28. The molecule has 0 aliphatic heterocycles. The van der Waals surface area contributed by atoms with Gasteiger partial charge in [0.2, 0.25) is 5.43 Å². The number of carbonyl (C=O) groups is 1. The van der Waals surface area contributed by atoms with E-state index >= 15 is 0 Å². The van der Waals surface area contributed by atoms with E-state index in [-0.39, 0.29) is 24.0 Å². The van der Waals surface area contributed by atoms with E-state index < -0.39 is 0 Å². The van der Waals surface area contributed by atoms with Crippen molar-refractivity contribution in [1.29, 1.82) is 0 Å². The van der Waals surface area contributed by atoms with Crippen LogP contribution in [-0.2, 0) is 4.79 Å². The largest absolute Gasteiger partial charge is 0.497 e. The van der Waals surface area contributed by atoms with Crippen LogP contribution in [0.1, 0.15) is 38.4 Å². The zero-order valence-corrected chi connectivity index (χ0v) is 18.8. The molecule has 1 aromatic heterocycles. The summed E-state index contributed by atoms with van der Waals surface area (Å²) in [7, 11) is 1.60. The van der Waals surface area contributed by atoms with Crippen LogP contribution in [0.25, 0.3) is 22.1 Å². The van der Waals surface area contributed by atoms with Crippen LogP contribution < -0.4 is 20.2 Å². The van der Waals surface area contributed by atoms with Gasteiger partial charge in [-0.25, -0.2) is 0 Å². The number of rotatable bonds is 6. The molecule has 1 N–H and O–H groups in total. The van der Waals surface area contributed by atoms with Crippen molar-refractivity contribution in [3.63, 3.8) is 0 Å². The number of benzene rings is 2. The maximum absolute atomic E-state index is 13.1. The quantitative estimate of drug-likeness (QED) is 0.599. The zero-order chi connectivity index (χ0) is 22.7. The SMILES string of the molecule is COc1ccc(-c2c(C)oc3cc(OCC(=O)N[C@@H]4CCCC[C@H]4C)ccc3c2=O)cc1. The number of aryl methyl sites for hydroxylation is 1. The van der Waals surface area contributed by atoms with Crippen LogP contribution in [0.15, 0.2) is 51.7 Å². The van der Waals surface area contributed by atoms with Gasteiger partial charge in [-0.2, -0.15) is 0 Å². The molecule has 6 nitrogen and oxygen atoms in total. The fraction of sp³-hybridized carbons (Fsp3) is 0.385. The molecular formula is C26H29NO5. The Kier molecular flexibility index (Phi) is 6.49. The monoisotopic (exact) mass is 435 g/mol. The Bertz CT molecular complexity index is 1170. The first-order valence-corrected chi connectivity index (χ1v) is 11.1. The predicted molar refractivity (Wildman–Crippen MR) is 124 cm³/mol. The van der Waals surface area contributed by atoms with Gasteiger partial charge < -0.3 is 19.2 Å². The Morgan fingerprint density at radius 3 is 2.53 bits per heavy atom. The molecule has 0 radical (unpaired) electrons. The summed E-state index contributed by atoms with van der Waals surface area (Å²) in [6.45, 7) is 3.88. The van der Waals surface area contributed by atoms with Crippen molar-refractivity contribution >= 4 is 16.9 Å². The fourth-order valence-corrected chi connectivity index (χ4v) is 4.40. The van der Waals surface area contributed by atoms with Crippen LogP contribution >= 0.6 is 0 Å². The number of carbonyl (C=O) groups excluding carboxylic acids is 1. The molecule has 0 spiro atoms. The number of methoxy groups -OCH3 is 1. The van der Waals surface area contributed by atoms with Gasteiger partial charge in [-0.3, -0.25) is 9.59 Å². The van der Waals surface area contributed by atoms with Gasteiger partial charge in [0.25, 0.3) is 5.91 Å². The molecule has 2 atom stereocenters. The summed E-state index contributed by atoms with van der Waals surface area (Å²) >= 11 is 0. The second-order valence-electron chi connectivity index (χ2n) is 8.47. The average molecular weight is 436 g/mol. The molecule has 1 aliphatic carbocycles. The highest BCUT2D eigenvalue weighted by Crippen LogP contribution is 2.28. The maximum Gasteiger partial charge on any atom is 0.258 e. The molecule has 0 saturated heterocycles. The summed E-state index contributed by atoms with van der Waals surface area (Å²) in [6.07, 6.45) is 4.54. The lowest BCUT2D eigenvalue weighted by molar-refractivity contribution is -0.124. The Morgan fingerprint density at radius 2 is 1.81 bits per heavy atom. The molecule has 168 valence electrons. The Balaban J connectivity index is 1.50. The Morgan fingerprint density at radius 1 is 1.09 bits per heavy atom. The van der Waals surface area contributed by atoms with Crippen LogP contribution in [0.4, 0.5) is 0 Å². The Labute approximate surface area is 187 Å². The number of hydrogen-bond donors (Lipinski definition) is 1. The lowest BCUT2D eigenvalue weighted by Gasteiger charge is -2.29. The molecule has 0 unspecified atom stereocenters. The van der Waals surface area contributed by atoms with Crippen molar-refractivity contribution < 1.29 is 18.7 Å². The smallest absolute Gasteiger partial charge is 0.258 e. The van der Waals surface area contributed by atoms with Crippen LogP contribution in [0.3, 0.4) is 0 Å². The molecule has 4 rings (SSSR count). The van der Waals surface area contributed by atoms with Crippen molar-refractivity contribution in [1.82, 2.24) is 5.32 Å². The van der Waals surface area contributed by atoms with E-state index in [1.54, 1.807) is 32.2 Å². The predicted octanol–water partition coefficient (Wildman–Crippen LogP) is 4.85. The normalized spacial score (nSPS) is 18.3. The first kappa shape index (κ1) is 21.9. The number of nitrogens with one attached hydrogen (secondary N) is 1. The van der Waals surface area contributed by atoms with Crippen LogP contribution in [0.5, 0.6) is 11.5 Å². The summed E-state index contributed by atoms with van der Waals surface area (Å²) < 4.78 is 16.8. The van der Waals surface area contributed by atoms with Gasteiger partial charge in [0.1, 0.15) is 22.8 Å². The van der Waals surface area contributed by atoms with Gasteiger partial charge in [0, 0.05) is 12.1 Å². The molecule has 2 aromatic carbocycles. The third kappa shape index (κ3) is 4.64. The van der Waals surface area contributed by atoms with Gasteiger partial charge in [0.15, 0.2) is 6.61 Å². The summed E-state index contributed by atoms with van der Waals surface area (Å²) in [6, 6.07) is 12.6.